The van der Waals surface area contributed by atoms with E-state index in [4.69, 9.17) is 9.73 Å². The highest BCUT2D eigenvalue weighted by molar-refractivity contribution is 8.13. The lowest BCUT2D eigenvalue weighted by Crippen LogP contribution is -2.43. The van der Waals surface area contributed by atoms with Crippen LogP contribution in [0.4, 0.5) is 14.7 Å². The number of nitrogens with zero attached hydrogens (tertiary/aromatic N) is 4. The first-order valence-electron chi connectivity index (χ1n) is 12.7. The van der Waals surface area contributed by atoms with Gasteiger partial charge >= 0.3 is 0 Å². The Morgan fingerprint density at radius 3 is 2.72 bits per heavy atom. The molecule has 1 saturated heterocycles. The number of thioether (sulfide) groups is 1. The zero-order chi connectivity index (χ0) is 27.7. The fourth-order valence-corrected chi connectivity index (χ4v) is 5.94. The van der Waals surface area contributed by atoms with Crippen LogP contribution in [0, 0.1) is 30.4 Å². The summed E-state index contributed by atoms with van der Waals surface area (Å²) in [5, 5.41) is 13.3. The number of ether oxygens (including phenoxy) is 1. The lowest BCUT2D eigenvalue weighted by molar-refractivity contribution is 0.0977. The van der Waals surface area contributed by atoms with Gasteiger partial charge in [0.2, 0.25) is 11.8 Å². The molecule has 2 aliphatic rings. The summed E-state index contributed by atoms with van der Waals surface area (Å²) in [4.78, 5) is 27.8. The number of benzene rings is 2. The molecule has 0 saturated carbocycles. The summed E-state index contributed by atoms with van der Waals surface area (Å²) in [6.07, 6.45) is 0. The van der Waals surface area contributed by atoms with Crippen molar-refractivity contribution in [2.75, 3.05) is 30.3 Å². The molecule has 204 valence electrons. The van der Waals surface area contributed by atoms with Gasteiger partial charge in [-0.15, -0.1) is 0 Å². The van der Waals surface area contributed by atoms with Crippen LogP contribution in [0.3, 0.4) is 0 Å². The van der Waals surface area contributed by atoms with Gasteiger partial charge in [0.15, 0.2) is 5.17 Å². The number of hydrogen-bond donors (Lipinski definition) is 2. The fourth-order valence-electron chi connectivity index (χ4n) is 4.81. The second-order valence-electron chi connectivity index (χ2n) is 10.1. The van der Waals surface area contributed by atoms with Crippen LogP contribution in [-0.2, 0) is 5.54 Å². The standard InChI is InChI=1S/C28H29F2N5O3S/c1-16(2)13-38-20-9-10-22(29)21(11-20)28-15-35(26-31-17(3)23(30)25(37)32-26)12-19(28)14-39-27(34-28)33-24(36)18-7-5-4-6-8-18/h4-11,16,19H,12-15H2,1-3H3,(H,31,32,37)(H,33,34,36)/t19-,28-/m0/s1. The minimum absolute atomic E-state index is 0.00498. The number of amides is 1. The molecule has 3 aromatic rings. The molecule has 0 radical (unpaired) electrons. The Balaban J connectivity index is 1.56. The van der Waals surface area contributed by atoms with E-state index in [0.29, 0.717) is 40.9 Å². The van der Waals surface area contributed by atoms with Crippen molar-refractivity contribution >= 4 is 28.8 Å². The second kappa shape index (κ2) is 10.8. The molecule has 2 atom stereocenters. The van der Waals surface area contributed by atoms with Crippen molar-refractivity contribution in [3.8, 4) is 11.6 Å². The van der Waals surface area contributed by atoms with Crippen LogP contribution in [0.15, 0.2) is 53.5 Å². The summed E-state index contributed by atoms with van der Waals surface area (Å²) in [5.41, 5.74) is -0.310. The highest BCUT2D eigenvalue weighted by Crippen LogP contribution is 2.48. The Kier molecular flexibility index (Phi) is 7.44. The van der Waals surface area contributed by atoms with Gasteiger partial charge in [-0.2, -0.15) is 9.37 Å². The Hall–Kier alpha value is -3.73. The van der Waals surface area contributed by atoms with Crippen molar-refractivity contribution in [1.82, 2.24) is 15.3 Å². The molecule has 0 aliphatic carbocycles. The molecule has 11 heteroatoms. The van der Waals surface area contributed by atoms with E-state index in [9.17, 15) is 14.3 Å². The van der Waals surface area contributed by atoms with Crippen molar-refractivity contribution in [2.24, 2.45) is 16.8 Å². The van der Waals surface area contributed by atoms with E-state index in [1.165, 1.54) is 24.8 Å². The van der Waals surface area contributed by atoms with Crippen LogP contribution in [0.1, 0.15) is 35.5 Å². The summed E-state index contributed by atoms with van der Waals surface area (Å²) < 4.78 is 35.5. The second-order valence-corrected chi connectivity index (χ2v) is 11.2. The Labute approximate surface area is 229 Å². The Morgan fingerprint density at radius 1 is 1.23 bits per heavy atom. The van der Waals surface area contributed by atoms with E-state index < -0.39 is 23.1 Å². The molecule has 1 fully saturated rings. The zero-order valence-corrected chi connectivity index (χ0v) is 22.6. The molecular weight excluding hydrogens is 524 g/mol. The predicted molar refractivity (Wildman–Crippen MR) is 146 cm³/mol. The monoisotopic (exact) mass is 553 g/mol. The highest BCUT2D eigenvalue weighted by Gasteiger charge is 2.52. The SMILES string of the molecule is Cc1nc(N2C[C@H]3CSC(NC(=O)c4ccccc4)=N[C@@]3(c3cc(OCC(C)C)ccc3F)C2)nc(O)c1F. The van der Waals surface area contributed by atoms with Gasteiger partial charge in [-0.1, -0.05) is 43.8 Å². The minimum atomic E-state index is -1.12. The van der Waals surface area contributed by atoms with Gasteiger partial charge in [-0.05, 0) is 43.2 Å². The summed E-state index contributed by atoms with van der Waals surface area (Å²) in [6.45, 7) is 6.50. The van der Waals surface area contributed by atoms with E-state index in [-0.39, 0.29) is 35.9 Å². The average molecular weight is 554 g/mol. The molecule has 0 bridgehead atoms. The molecule has 0 spiro atoms. The van der Waals surface area contributed by atoms with Crippen LogP contribution >= 0.6 is 11.8 Å². The number of carbonyl (C=O) groups is 1. The number of hydrogen-bond acceptors (Lipinski definition) is 8. The smallest absolute Gasteiger partial charge is 0.257 e. The van der Waals surface area contributed by atoms with Gasteiger partial charge in [0.1, 0.15) is 17.1 Å². The molecule has 3 heterocycles. The summed E-state index contributed by atoms with van der Waals surface area (Å²) in [7, 11) is 0. The largest absolute Gasteiger partial charge is 0.493 e. The van der Waals surface area contributed by atoms with Gasteiger partial charge in [0.25, 0.3) is 11.8 Å². The van der Waals surface area contributed by atoms with Crippen LogP contribution < -0.4 is 15.0 Å². The number of halogens is 2. The van der Waals surface area contributed by atoms with Gasteiger partial charge in [0, 0.05) is 29.3 Å². The summed E-state index contributed by atoms with van der Waals surface area (Å²) in [6, 6.07) is 13.4. The number of aliphatic imine (C=N–C) groups is 1. The maximum absolute atomic E-state index is 15.6. The minimum Gasteiger partial charge on any atom is -0.493 e. The number of aromatic nitrogens is 2. The number of aryl methyl sites for hydroxylation is 1. The molecule has 0 unspecified atom stereocenters. The van der Waals surface area contributed by atoms with Crippen LogP contribution in [0.25, 0.3) is 0 Å². The van der Waals surface area contributed by atoms with Gasteiger partial charge in [-0.25, -0.2) is 14.4 Å². The van der Waals surface area contributed by atoms with Crippen molar-refractivity contribution in [1.29, 1.82) is 0 Å². The average Bonchev–Trinajstić information content (AvgIpc) is 3.31. The maximum atomic E-state index is 15.6. The third-order valence-corrected chi connectivity index (χ3v) is 7.82. The van der Waals surface area contributed by atoms with Crippen molar-refractivity contribution in [2.45, 2.75) is 26.3 Å². The number of nitrogens with one attached hydrogen (secondary N) is 1. The van der Waals surface area contributed by atoms with E-state index >= 15 is 4.39 Å². The van der Waals surface area contributed by atoms with Crippen molar-refractivity contribution in [3.63, 3.8) is 0 Å². The Morgan fingerprint density at radius 2 is 2.00 bits per heavy atom. The summed E-state index contributed by atoms with van der Waals surface area (Å²) >= 11 is 1.37. The third-order valence-electron chi connectivity index (χ3n) is 6.78. The molecule has 5 rings (SSSR count). The molecule has 8 nitrogen and oxygen atoms in total. The van der Waals surface area contributed by atoms with Crippen molar-refractivity contribution < 1.29 is 23.4 Å². The first kappa shape index (κ1) is 26.9. The van der Waals surface area contributed by atoms with Gasteiger partial charge < -0.3 is 20.1 Å². The molecule has 2 N–H and O–H groups in total. The first-order valence-corrected chi connectivity index (χ1v) is 13.6. The maximum Gasteiger partial charge on any atom is 0.257 e. The van der Waals surface area contributed by atoms with Crippen LogP contribution in [-0.4, -0.2) is 51.6 Å². The lowest BCUT2D eigenvalue weighted by Gasteiger charge is -2.35. The van der Waals surface area contributed by atoms with E-state index in [2.05, 4.69) is 15.3 Å². The third kappa shape index (κ3) is 5.40. The molecular formula is C28H29F2N5O3S. The number of fused-ring (bicyclic) bond motifs is 1. The number of aromatic hydroxyl groups is 1. The fraction of sp³-hybridized carbons (Fsp3) is 0.357. The zero-order valence-electron chi connectivity index (χ0n) is 21.8. The number of rotatable bonds is 6. The Bertz CT molecular complexity index is 1400. The summed E-state index contributed by atoms with van der Waals surface area (Å²) in [5.74, 6) is -1.16. The molecule has 2 aliphatic heterocycles. The molecule has 39 heavy (non-hydrogen) atoms. The van der Waals surface area contributed by atoms with E-state index in [1.54, 1.807) is 41.3 Å². The van der Waals surface area contributed by atoms with E-state index in [0.717, 1.165) is 0 Å². The van der Waals surface area contributed by atoms with Crippen molar-refractivity contribution in [3.05, 3.63) is 77.0 Å². The topological polar surface area (TPSA) is 99.9 Å². The lowest BCUT2D eigenvalue weighted by atomic mass is 9.81. The van der Waals surface area contributed by atoms with Crippen LogP contribution in [0.5, 0.6) is 11.6 Å². The number of anilines is 1. The van der Waals surface area contributed by atoms with Gasteiger partial charge in [0.05, 0.1) is 18.8 Å². The van der Waals surface area contributed by atoms with Gasteiger partial charge in [-0.3, -0.25) is 4.79 Å². The molecule has 1 amide bonds. The molecule has 2 aromatic carbocycles. The predicted octanol–water partition coefficient (Wildman–Crippen LogP) is 4.67. The molecule has 1 aromatic heterocycles. The number of carbonyl (C=O) groups excluding carboxylic acids is 1. The quantitative estimate of drug-likeness (QED) is 0.458. The van der Waals surface area contributed by atoms with E-state index in [1.807, 2.05) is 19.9 Å². The normalized spacial score (nSPS) is 20.5. The highest BCUT2D eigenvalue weighted by atomic mass is 32.2. The number of amidine groups is 1. The first-order chi connectivity index (χ1) is 18.7. The van der Waals surface area contributed by atoms with Crippen LogP contribution in [0.2, 0.25) is 0 Å².